The van der Waals surface area contributed by atoms with E-state index in [0.29, 0.717) is 12.5 Å². The molecule has 1 fully saturated rings. The fourth-order valence-corrected chi connectivity index (χ4v) is 1.87. The van der Waals surface area contributed by atoms with Crippen LogP contribution in [0, 0.1) is 11.3 Å². The Morgan fingerprint density at radius 1 is 1.46 bits per heavy atom. The molecule has 0 aromatic rings. The summed E-state index contributed by atoms with van der Waals surface area (Å²) in [4.78, 5) is 2.45. The fourth-order valence-electron chi connectivity index (χ4n) is 1.87. The van der Waals surface area contributed by atoms with Gasteiger partial charge in [0.1, 0.15) is 0 Å². The van der Waals surface area contributed by atoms with E-state index in [2.05, 4.69) is 23.2 Å². The molecule has 3 nitrogen and oxygen atoms in total. The number of nitriles is 1. The van der Waals surface area contributed by atoms with Crippen molar-refractivity contribution < 1.29 is 0 Å². The predicted octanol–water partition coefficient (Wildman–Crippen LogP) is 0.974. The van der Waals surface area contributed by atoms with Crippen molar-refractivity contribution in [2.75, 3.05) is 26.2 Å². The highest BCUT2D eigenvalue weighted by molar-refractivity contribution is 4.83. The molecular weight excluding hydrogens is 162 g/mol. The van der Waals surface area contributed by atoms with Crippen LogP contribution < -0.4 is 5.32 Å². The van der Waals surface area contributed by atoms with Gasteiger partial charge < -0.3 is 5.32 Å². The molecular formula is C10H19N3. The van der Waals surface area contributed by atoms with Crippen molar-refractivity contribution in [3.63, 3.8) is 0 Å². The molecule has 0 spiro atoms. The molecule has 1 saturated heterocycles. The lowest BCUT2D eigenvalue weighted by atomic mass is 10.1. The van der Waals surface area contributed by atoms with Crippen molar-refractivity contribution in [2.24, 2.45) is 0 Å². The summed E-state index contributed by atoms with van der Waals surface area (Å²) in [7, 11) is 0. The molecule has 13 heavy (non-hydrogen) atoms. The summed E-state index contributed by atoms with van der Waals surface area (Å²) in [5.74, 6) is 0. The summed E-state index contributed by atoms with van der Waals surface area (Å²) in [6.45, 7) is 6.61. The average Bonchev–Trinajstić information content (AvgIpc) is 2.42. The van der Waals surface area contributed by atoms with Gasteiger partial charge in [-0.1, -0.05) is 6.92 Å². The molecule has 1 aliphatic heterocycles. The molecule has 1 aliphatic rings. The number of hydrogen-bond donors (Lipinski definition) is 1. The third kappa shape index (κ3) is 3.33. The van der Waals surface area contributed by atoms with E-state index in [4.69, 9.17) is 5.26 Å². The minimum atomic E-state index is 0.477. The van der Waals surface area contributed by atoms with E-state index >= 15 is 0 Å². The van der Waals surface area contributed by atoms with Crippen molar-refractivity contribution >= 4 is 0 Å². The summed E-state index contributed by atoms with van der Waals surface area (Å²) >= 11 is 0. The monoisotopic (exact) mass is 181 g/mol. The van der Waals surface area contributed by atoms with Gasteiger partial charge in [-0.3, -0.25) is 4.90 Å². The van der Waals surface area contributed by atoms with E-state index in [-0.39, 0.29) is 0 Å². The molecule has 1 atom stereocenters. The van der Waals surface area contributed by atoms with Gasteiger partial charge in [0.2, 0.25) is 0 Å². The van der Waals surface area contributed by atoms with Gasteiger partial charge in [0.05, 0.1) is 12.5 Å². The second-order valence-electron chi connectivity index (χ2n) is 3.56. The molecule has 0 aromatic heterocycles. The Hall–Kier alpha value is -0.590. The highest BCUT2D eigenvalue weighted by atomic mass is 15.2. The van der Waals surface area contributed by atoms with E-state index in [1.807, 2.05) is 0 Å². The van der Waals surface area contributed by atoms with Crippen molar-refractivity contribution in [1.29, 1.82) is 5.26 Å². The van der Waals surface area contributed by atoms with Crippen LogP contribution in [-0.4, -0.2) is 37.1 Å². The fraction of sp³-hybridized carbons (Fsp3) is 0.900. The number of hydrogen-bond acceptors (Lipinski definition) is 3. The molecule has 1 N–H and O–H groups in total. The molecule has 0 amide bonds. The molecule has 1 unspecified atom stereocenters. The van der Waals surface area contributed by atoms with E-state index in [1.54, 1.807) is 0 Å². The summed E-state index contributed by atoms with van der Waals surface area (Å²) in [6.07, 6.45) is 2.98. The minimum absolute atomic E-state index is 0.477. The SMILES string of the molecule is CCC(CC#N)N1CCCNCC1. The first-order chi connectivity index (χ1) is 6.38. The highest BCUT2D eigenvalue weighted by Crippen LogP contribution is 2.09. The molecule has 0 aliphatic carbocycles. The zero-order valence-electron chi connectivity index (χ0n) is 8.42. The van der Waals surface area contributed by atoms with Crippen LogP contribution in [0.25, 0.3) is 0 Å². The van der Waals surface area contributed by atoms with Crippen LogP contribution in [0.15, 0.2) is 0 Å². The smallest absolute Gasteiger partial charge is 0.0638 e. The minimum Gasteiger partial charge on any atom is -0.315 e. The number of rotatable bonds is 3. The molecule has 74 valence electrons. The van der Waals surface area contributed by atoms with Gasteiger partial charge in [-0.15, -0.1) is 0 Å². The Bertz CT molecular complexity index is 165. The van der Waals surface area contributed by atoms with Crippen LogP contribution in [0.3, 0.4) is 0 Å². The lowest BCUT2D eigenvalue weighted by Gasteiger charge is -2.27. The van der Waals surface area contributed by atoms with E-state index in [1.165, 1.54) is 6.42 Å². The topological polar surface area (TPSA) is 39.1 Å². The van der Waals surface area contributed by atoms with Crippen LogP contribution >= 0.6 is 0 Å². The molecule has 0 bridgehead atoms. The Kier molecular flexibility index (Phi) is 4.81. The maximum atomic E-state index is 8.68. The van der Waals surface area contributed by atoms with E-state index < -0.39 is 0 Å². The second kappa shape index (κ2) is 5.95. The predicted molar refractivity (Wildman–Crippen MR) is 53.4 cm³/mol. The maximum Gasteiger partial charge on any atom is 0.0638 e. The van der Waals surface area contributed by atoms with Gasteiger partial charge in [0.15, 0.2) is 0 Å². The molecule has 0 radical (unpaired) electrons. The lowest BCUT2D eigenvalue weighted by molar-refractivity contribution is 0.206. The highest BCUT2D eigenvalue weighted by Gasteiger charge is 2.17. The molecule has 3 heteroatoms. The summed E-state index contributed by atoms with van der Waals surface area (Å²) in [5, 5.41) is 12.1. The van der Waals surface area contributed by atoms with Crippen molar-refractivity contribution in [3.05, 3.63) is 0 Å². The van der Waals surface area contributed by atoms with Crippen LogP contribution in [0.1, 0.15) is 26.2 Å². The van der Waals surface area contributed by atoms with E-state index in [9.17, 15) is 0 Å². The Morgan fingerprint density at radius 2 is 2.31 bits per heavy atom. The first kappa shape index (κ1) is 10.5. The van der Waals surface area contributed by atoms with Gasteiger partial charge in [0, 0.05) is 19.1 Å². The number of nitrogens with one attached hydrogen (secondary N) is 1. The zero-order chi connectivity index (χ0) is 9.52. The van der Waals surface area contributed by atoms with Gasteiger partial charge >= 0.3 is 0 Å². The van der Waals surface area contributed by atoms with Gasteiger partial charge in [-0.05, 0) is 25.9 Å². The second-order valence-corrected chi connectivity index (χ2v) is 3.56. The van der Waals surface area contributed by atoms with Gasteiger partial charge in [-0.25, -0.2) is 0 Å². The Balaban J connectivity index is 2.41. The maximum absolute atomic E-state index is 8.68. The largest absolute Gasteiger partial charge is 0.315 e. The summed E-state index contributed by atoms with van der Waals surface area (Å²) < 4.78 is 0. The standard InChI is InChI=1S/C10H19N3/c1-2-10(4-5-11)13-8-3-6-12-7-9-13/h10,12H,2-4,6-9H2,1H3. The zero-order valence-corrected chi connectivity index (χ0v) is 8.42. The Labute approximate surface area is 80.7 Å². The summed E-state index contributed by atoms with van der Waals surface area (Å²) in [5.41, 5.74) is 0. The molecule has 1 rings (SSSR count). The third-order valence-corrected chi connectivity index (χ3v) is 2.69. The van der Waals surface area contributed by atoms with Crippen molar-refractivity contribution in [3.8, 4) is 6.07 Å². The van der Waals surface area contributed by atoms with Crippen LogP contribution in [-0.2, 0) is 0 Å². The van der Waals surface area contributed by atoms with Crippen LogP contribution in [0.2, 0.25) is 0 Å². The number of nitrogens with zero attached hydrogens (tertiary/aromatic N) is 2. The lowest BCUT2D eigenvalue weighted by Crippen LogP contribution is -2.37. The van der Waals surface area contributed by atoms with Gasteiger partial charge in [-0.2, -0.15) is 5.26 Å². The van der Waals surface area contributed by atoms with Gasteiger partial charge in [0.25, 0.3) is 0 Å². The molecule has 0 saturated carbocycles. The third-order valence-electron chi connectivity index (χ3n) is 2.69. The van der Waals surface area contributed by atoms with Crippen LogP contribution in [0.4, 0.5) is 0 Å². The van der Waals surface area contributed by atoms with Crippen LogP contribution in [0.5, 0.6) is 0 Å². The first-order valence-corrected chi connectivity index (χ1v) is 5.20. The molecule has 1 heterocycles. The Morgan fingerprint density at radius 3 is 3.00 bits per heavy atom. The normalized spacial score (nSPS) is 21.8. The molecule has 0 aromatic carbocycles. The van der Waals surface area contributed by atoms with E-state index in [0.717, 1.165) is 32.6 Å². The summed E-state index contributed by atoms with van der Waals surface area (Å²) in [6, 6.07) is 2.75. The quantitative estimate of drug-likeness (QED) is 0.705. The van der Waals surface area contributed by atoms with Crippen molar-refractivity contribution in [1.82, 2.24) is 10.2 Å². The first-order valence-electron chi connectivity index (χ1n) is 5.20. The average molecular weight is 181 g/mol. The van der Waals surface area contributed by atoms with Crippen molar-refractivity contribution in [2.45, 2.75) is 32.2 Å².